The van der Waals surface area contributed by atoms with Crippen LogP contribution in [-0.2, 0) is 0 Å². The van der Waals surface area contributed by atoms with Gasteiger partial charge in [-0.15, -0.1) is 0 Å². The second-order valence-electron chi connectivity index (χ2n) is 6.62. The minimum absolute atomic E-state index is 0.173. The number of carboxylic acids is 1. The zero-order chi connectivity index (χ0) is 19.9. The number of hydrogen-bond acceptors (Lipinski definition) is 4. The molecule has 5 heteroatoms. The second kappa shape index (κ2) is 8.86. The third-order valence-electron chi connectivity index (χ3n) is 4.22. The molecular formula is C23H22N2O3. The Morgan fingerprint density at radius 3 is 2.18 bits per heavy atom. The highest BCUT2D eigenvalue weighted by Gasteiger charge is 2.07. The van der Waals surface area contributed by atoms with Crippen molar-refractivity contribution in [1.29, 1.82) is 0 Å². The van der Waals surface area contributed by atoms with Gasteiger partial charge in [0.05, 0.1) is 17.5 Å². The molecule has 0 saturated heterocycles. The van der Waals surface area contributed by atoms with Crippen LogP contribution in [0.3, 0.4) is 0 Å². The Bertz CT molecular complexity index is 962. The fraction of sp³-hybridized carbons (Fsp3) is 0.130. The van der Waals surface area contributed by atoms with Crippen LogP contribution in [0.1, 0.15) is 41.3 Å². The first-order valence-corrected chi connectivity index (χ1v) is 9.02. The lowest BCUT2D eigenvalue weighted by molar-refractivity contribution is 0.0698. The zero-order valence-corrected chi connectivity index (χ0v) is 15.8. The van der Waals surface area contributed by atoms with Crippen molar-refractivity contribution in [3.8, 4) is 11.5 Å². The molecule has 0 atom stereocenters. The number of aromatic carboxylic acids is 1. The molecule has 3 rings (SSSR count). The number of ether oxygens (including phenoxy) is 1. The number of carbonyl (C=O) groups is 1. The van der Waals surface area contributed by atoms with Crippen LogP contribution in [0.25, 0.3) is 0 Å². The monoisotopic (exact) mass is 374 g/mol. The molecule has 0 bridgehead atoms. The first-order chi connectivity index (χ1) is 13.5. The van der Waals surface area contributed by atoms with E-state index in [-0.39, 0.29) is 5.56 Å². The molecule has 2 N–H and O–H groups in total. The average molecular weight is 374 g/mol. The van der Waals surface area contributed by atoms with Gasteiger partial charge in [0.1, 0.15) is 11.5 Å². The van der Waals surface area contributed by atoms with Gasteiger partial charge in [-0.3, -0.25) is 5.43 Å². The molecule has 0 unspecified atom stereocenters. The minimum atomic E-state index is -0.999. The number of nitrogens with one attached hydrogen (secondary N) is 1. The topological polar surface area (TPSA) is 70.9 Å². The van der Waals surface area contributed by atoms with Gasteiger partial charge in [0.2, 0.25) is 0 Å². The van der Waals surface area contributed by atoms with Crippen molar-refractivity contribution in [2.24, 2.45) is 5.10 Å². The SMILES string of the molecule is CC(C)c1ccc(Oc2ccc(C=NNc3ccccc3C(=O)O)cc2)cc1. The van der Waals surface area contributed by atoms with Gasteiger partial charge in [-0.2, -0.15) is 5.10 Å². The van der Waals surface area contributed by atoms with Crippen LogP contribution in [0.5, 0.6) is 11.5 Å². The summed E-state index contributed by atoms with van der Waals surface area (Å²) in [6.45, 7) is 4.32. The molecule has 3 aromatic carbocycles. The smallest absolute Gasteiger partial charge is 0.337 e. The van der Waals surface area contributed by atoms with E-state index in [9.17, 15) is 9.90 Å². The summed E-state index contributed by atoms with van der Waals surface area (Å²) < 4.78 is 5.86. The van der Waals surface area contributed by atoms with Gasteiger partial charge < -0.3 is 9.84 Å². The maximum Gasteiger partial charge on any atom is 0.337 e. The van der Waals surface area contributed by atoms with Crippen molar-refractivity contribution in [3.05, 3.63) is 89.5 Å². The van der Waals surface area contributed by atoms with Gasteiger partial charge in [0.25, 0.3) is 0 Å². The largest absolute Gasteiger partial charge is 0.478 e. The molecule has 0 spiro atoms. The number of hydrogen-bond donors (Lipinski definition) is 2. The van der Waals surface area contributed by atoms with E-state index in [0.717, 1.165) is 17.1 Å². The summed E-state index contributed by atoms with van der Waals surface area (Å²) in [5, 5.41) is 13.3. The minimum Gasteiger partial charge on any atom is -0.478 e. The van der Waals surface area contributed by atoms with Crippen LogP contribution in [0.4, 0.5) is 5.69 Å². The normalized spacial score (nSPS) is 11.0. The number of rotatable bonds is 7. The predicted molar refractivity (Wildman–Crippen MR) is 112 cm³/mol. The van der Waals surface area contributed by atoms with Crippen molar-refractivity contribution < 1.29 is 14.6 Å². The van der Waals surface area contributed by atoms with E-state index < -0.39 is 5.97 Å². The number of nitrogens with zero attached hydrogens (tertiary/aromatic N) is 1. The molecule has 0 radical (unpaired) electrons. The van der Waals surface area contributed by atoms with Crippen LogP contribution in [0.2, 0.25) is 0 Å². The van der Waals surface area contributed by atoms with Crippen molar-refractivity contribution in [2.75, 3.05) is 5.43 Å². The molecule has 5 nitrogen and oxygen atoms in total. The van der Waals surface area contributed by atoms with Gasteiger partial charge in [-0.25, -0.2) is 4.79 Å². The van der Waals surface area contributed by atoms with Crippen molar-refractivity contribution >= 4 is 17.9 Å². The van der Waals surface area contributed by atoms with Gasteiger partial charge in [-0.1, -0.05) is 38.1 Å². The first kappa shape index (κ1) is 19.2. The predicted octanol–water partition coefficient (Wildman–Crippen LogP) is 5.75. The third-order valence-corrected chi connectivity index (χ3v) is 4.22. The lowest BCUT2D eigenvalue weighted by atomic mass is 10.0. The quantitative estimate of drug-likeness (QED) is 0.408. The molecule has 28 heavy (non-hydrogen) atoms. The van der Waals surface area contributed by atoms with Crippen LogP contribution >= 0.6 is 0 Å². The number of anilines is 1. The maximum absolute atomic E-state index is 11.2. The third kappa shape index (κ3) is 4.98. The Morgan fingerprint density at radius 1 is 0.964 bits per heavy atom. The zero-order valence-electron chi connectivity index (χ0n) is 15.8. The second-order valence-corrected chi connectivity index (χ2v) is 6.62. The summed E-state index contributed by atoms with van der Waals surface area (Å²) >= 11 is 0. The van der Waals surface area contributed by atoms with E-state index in [1.54, 1.807) is 24.4 Å². The van der Waals surface area contributed by atoms with Crippen LogP contribution in [0, 0.1) is 0 Å². The van der Waals surface area contributed by atoms with Crippen molar-refractivity contribution in [2.45, 2.75) is 19.8 Å². The Balaban J connectivity index is 1.61. The van der Waals surface area contributed by atoms with Crippen molar-refractivity contribution in [3.63, 3.8) is 0 Å². The molecule has 0 aliphatic heterocycles. The Kier molecular flexibility index (Phi) is 6.07. The molecule has 0 aromatic heterocycles. The molecule has 142 valence electrons. The molecule has 3 aromatic rings. The van der Waals surface area contributed by atoms with E-state index in [0.29, 0.717) is 11.6 Å². The van der Waals surface area contributed by atoms with Crippen molar-refractivity contribution in [1.82, 2.24) is 0 Å². The number of benzene rings is 3. The number of para-hydroxylation sites is 1. The van der Waals surface area contributed by atoms with E-state index >= 15 is 0 Å². The Morgan fingerprint density at radius 2 is 1.57 bits per heavy atom. The summed E-state index contributed by atoms with van der Waals surface area (Å²) in [5.74, 6) is 1.02. The summed E-state index contributed by atoms with van der Waals surface area (Å²) in [7, 11) is 0. The standard InChI is InChI=1S/C23H22N2O3/c1-16(2)18-9-13-20(14-10-18)28-19-11-7-17(8-12-19)15-24-25-22-6-4-3-5-21(22)23(26)27/h3-16,25H,1-2H3,(H,26,27). The maximum atomic E-state index is 11.2. The fourth-order valence-electron chi connectivity index (χ4n) is 2.62. The summed E-state index contributed by atoms with van der Waals surface area (Å²) in [5.41, 5.74) is 5.52. The van der Waals surface area contributed by atoms with Crippen LogP contribution in [-0.4, -0.2) is 17.3 Å². The van der Waals surface area contributed by atoms with E-state index in [4.69, 9.17) is 4.74 Å². The van der Waals surface area contributed by atoms with Gasteiger partial charge in [0, 0.05) is 0 Å². The summed E-state index contributed by atoms with van der Waals surface area (Å²) in [6, 6.07) is 22.2. The lowest BCUT2D eigenvalue weighted by Crippen LogP contribution is -2.02. The Hall–Kier alpha value is -3.60. The molecule has 0 amide bonds. The molecular weight excluding hydrogens is 352 g/mol. The first-order valence-electron chi connectivity index (χ1n) is 9.02. The Labute approximate surface area is 164 Å². The number of carboxylic acid groups (broad SMARTS) is 1. The van der Waals surface area contributed by atoms with E-state index in [1.165, 1.54) is 11.6 Å². The van der Waals surface area contributed by atoms with Crippen LogP contribution < -0.4 is 10.2 Å². The highest BCUT2D eigenvalue weighted by molar-refractivity contribution is 5.94. The van der Waals surface area contributed by atoms with Gasteiger partial charge >= 0.3 is 5.97 Å². The molecule has 0 aliphatic carbocycles. The molecule has 0 aliphatic rings. The van der Waals surface area contributed by atoms with Gasteiger partial charge in [0.15, 0.2) is 0 Å². The highest BCUT2D eigenvalue weighted by atomic mass is 16.5. The van der Waals surface area contributed by atoms with Gasteiger partial charge in [-0.05, 0) is 65.6 Å². The van der Waals surface area contributed by atoms with Crippen LogP contribution in [0.15, 0.2) is 77.9 Å². The summed E-state index contributed by atoms with van der Waals surface area (Å²) in [6.07, 6.45) is 1.62. The van der Waals surface area contributed by atoms with E-state index in [2.05, 4.69) is 36.5 Å². The number of hydrazone groups is 1. The molecule has 0 fully saturated rings. The highest BCUT2D eigenvalue weighted by Crippen LogP contribution is 2.24. The molecule has 0 heterocycles. The fourth-order valence-corrected chi connectivity index (χ4v) is 2.62. The lowest BCUT2D eigenvalue weighted by Gasteiger charge is -2.09. The van der Waals surface area contributed by atoms with E-state index in [1.807, 2.05) is 36.4 Å². The summed E-state index contributed by atoms with van der Waals surface area (Å²) in [4.78, 5) is 11.2. The average Bonchev–Trinajstić information content (AvgIpc) is 2.70. The molecule has 0 saturated carbocycles.